The smallest absolute Gasteiger partial charge is 0.147 e. The van der Waals surface area contributed by atoms with Crippen molar-refractivity contribution in [1.82, 2.24) is 0 Å². The summed E-state index contributed by atoms with van der Waals surface area (Å²) in [4.78, 5) is 0. The molecule has 0 amide bonds. The van der Waals surface area contributed by atoms with Crippen LogP contribution < -0.4 is 15.2 Å². The Kier molecular flexibility index (Phi) is 4.76. The quantitative estimate of drug-likeness (QED) is 0.880. The van der Waals surface area contributed by atoms with Crippen LogP contribution in [0.1, 0.15) is 18.5 Å². The molecule has 2 rings (SSSR count). The van der Waals surface area contributed by atoms with Gasteiger partial charge < -0.3 is 15.2 Å². The van der Waals surface area contributed by atoms with Crippen molar-refractivity contribution in [1.29, 1.82) is 0 Å². The third-order valence-corrected chi connectivity index (χ3v) is 3.64. The maximum Gasteiger partial charge on any atom is 0.147 e. The molecule has 0 heterocycles. The standard InChI is InChI=1S/C15H15Cl2NO2/c1-9(18)14-11(19-2)6-4-7-12(14)20-13-8-3-5-10(16)15(13)17/h3-9H,18H2,1-2H3/t9-/m0/s1. The van der Waals surface area contributed by atoms with Gasteiger partial charge in [-0.2, -0.15) is 0 Å². The van der Waals surface area contributed by atoms with E-state index in [1.54, 1.807) is 25.3 Å². The van der Waals surface area contributed by atoms with Crippen LogP contribution in [0.3, 0.4) is 0 Å². The molecule has 20 heavy (non-hydrogen) atoms. The summed E-state index contributed by atoms with van der Waals surface area (Å²) >= 11 is 12.1. The Bertz CT molecular complexity index is 615. The zero-order chi connectivity index (χ0) is 14.7. The lowest BCUT2D eigenvalue weighted by atomic mass is 10.1. The molecule has 0 aromatic heterocycles. The van der Waals surface area contributed by atoms with Gasteiger partial charge in [-0.3, -0.25) is 0 Å². The molecule has 3 nitrogen and oxygen atoms in total. The second-order valence-corrected chi connectivity index (χ2v) is 5.10. The Labute approximate surface area is 128 Å². The maximum atomic E-state index is 6.13. The van der Waals surface area contributed by atoms with Crippen molar-refractivity contribution in [3.8, 4) is 17.2 Å². The lowest BCUT2D eigenvalue weighted by Crippen LogP contribution is -2.08. The second kappa shape index (κ2) is 6.35. The molecule has 0 fully saturated rings. The van der Waals surface area contributed by atoms with E-state index >= 15 is 0 Å². The second-order valence-electron chi connectivity index (χ2n) is 4.31. The van der Waals surface area contributed by atoms with Crippen molar-refractivity contribution in [2.75, 3.05) is 7.11 Å². The third-order valence-electron chi connectivity index (χ3n) is 2.84. The van der Waals surface area contributed by atoms with Crippen molar-refractivity contribution in [3.63, 3.8) is 0 Å². The number of rotatable bonds is 4. The Morgan fingerprint density at radius 1 is 1.00 bits per heavy atom. The molecule has 106 valence electrons. The van der Waals surface area contributed by atoms with Gasteiger partial charge in [-0.1, -0.05) is 35.3 Å². The first-order valence-corrected chi connectivity index (χ1v) is 6.84. The van der Waals surface area contributed by atoms with Gasteiger partial charge >= 0.3 is 0 Å². The van der Waals surface area contributed by atoms with E-state index in [0.717, 1.165) is 5.56 Å². The molecule has 0 bridgehead atoms. The molecule has 5 heteroatoms. The van der Waals surface area contributed by atoms with Crippen LogP contribution in [0.5, 0.6) is 17.2 Å². The average molecular weight is 312 g/mol. The minimum absolute atomic E-state index is 0.237. The number of hydrogen-bond acceptors (Lipinski definition) is 3. The van der Waals surface area contributed by atoms with E-state index in [1.807, 2.05) is 25.1 Å². The fourth-order valence-corrected chi connectivity index (χ4v) is 2.25. The minimum Gasteiger partial charge on any atom is -0.496 e. The summed E-state index contributed by atoms with van der Waals surface area (Å²) in [5, 5.41) is 0.807. The summed E-state index contributed by atoms with van der Waals surface area (Å²) in [5.41, 5.74) is 6.78. The normalized spacial score (nSPS) is 12.1. The highest BCUT2D eigenvalue weighted by Gasteiger charge is 2.16. The highest BCUT2D eigenvalue weighted by molar-refractivity contribution is 6.42. The number of benzene rings is 2. The maximum absolute atomic E-state index is 6.13. The summed E-state index contributed by atoms with van der Waals surface area (Å²) in [6.45, 7) is 1.87. The van der Waals surface area contributed by atoms with E-state index in [4.69, 9.17) is 38.4 Å². The molecular formula is C15H15Cl2NO2. The van der Waals surface area contributed by atoms with Gasteiger partial charge in [-0.15, -0.1) is 0 Å². The monoisotopic (exact) mass is 311 g/mol. The summed E-state index contributed by atoms with van der Waals surface area (Å²) in [6, 6.07) is 10.5. The summed E-state index contributed by atoms with van der Waals surface area (Å²) in [6.07, 6.45) is 0. The molecule has 0 saturated heterocycles. The number of methoxy groups -OCH3 is 1. The molecule has 0 aliphatic rings. The molecule has 0 unspecified atom stereocenters. The van der Waals surface area contributed by atoms with Crippen LogP contribution in [0.2, 0.25) is 10.0 Å². The third kappa shape index (κ3) is 3.01. The number of halogens is 2. The molecular weight excluding hydrogens is 297 g/mol. The first kappa shape index (κ1) is 15.0. The number of ether oxygens (including phenoxy) is 2. The zero-order valence-electron chi connectivity index (χ0n) is 11.2. The Morgan fingerprint density at radius 3 is 2.25 bits per heavy atom. The molecule has 0 aliphatic carbocycles. The molecule has 2 aromatic carbocycles. The summed E-state index contributed by atoms with van der Waals surface area (Å²) in [5.74, 6) is 1.76. The summed E-state index contributed by atoms with van der Waals surface area (Å²) < 4.78 is 11.2. The molecule has 0 aliphatic heterocycles. The van der Waals surface area contributed by atoms with E-state index in [-0.39, 0.29) is 6.04 Å². The van der Waals surface area contributed by atoms with Crippen molar-refractivity contribution in [2.24, 2.45) is 5.73 Å². The van der Waals surface area contributed by atoms with Gasteiger partial charge in [0.15, 0.2) is 0 Å². The van der Waals surface area contributed by atoms with Gasteiger partial charge in [0.05, 0.1) is 17.7 Å². The van der Waals surface area contributed by atoms with Crippen LogP contribution in [-0.4, -0.2) is 7.11 Å². The first-order chi connectivity index (χ1) is 9.54. The van der Waals surface area contributed by atoms with Crippen LogP contribution in [0, 0.1) is 0 Å². The van der Waals surface area contributed by atoms with Crippen LogP contribution in [0.25, 0.3) is 0 Å². The van der Waals surface area contributed by atoms with E-state index < -0.39 is 0 Å². The molecule has 0 spiro atoms. The molecule has 0 radical (unpaired) electrons. The number of hydrogen-bond donors (Lipinski definition) is 1. The van der Waals surface area contributed by atoms with Gasteiger partial charge in [0.2, 0.25) is 0 Å². The van der Waals surface area contributed by atoms with Crippen molar-refractivity contribution in [2.45, 2.75) is 13.0 Å². The SMILES string of the molecule is COc1cccc(Oc2cccc(Cl)c2Cl)c1[C@H](C)N. The average Bonchev–Trinajstić information content (AvgIpc) is 2.43. The van der Waals surface area contributed by atoms with Crippen LogP contribution in [-0.2, 0) is 0 Å². The largest absolute Gasteiger partial charge is 0.496 e. The topological polar surface area (TPSA) is 44.5 Å². The predicted octanol–water partition coefficient (Wildman–Crippen LogP) is 4.81. The minimum atomic E-state index is -0.237. The highest BCUT2D eigenvalue weighted by Crippen LogP contribution is 2.39. The van der Waals surface area contributed by atoms with Crippen LogP contribution >= 0.6 is 23.2 Å². The Balaban J connectivity index is 2.46. The fraction of sp³-hybridized carbons (Fsp3) is 0.200. The predicted molar refractivity (Wildman–Crippen MR) is 82.1 cm³/mol. The molecule has 0 saturated carbocycles. The van der Waals surface area contributed by atoms with E-state index in [9.17, 15) is 0 Å². The number of nitrogens with two attached hydrogens (primary N) is 1. The molecule has 1 atom stereocenters. The summed E-state index contributed by atoms with van der Waals surface area (Å²) in [7, 11) is 1.59. The molecule has 2 aromatic rings. The van der Waals surface area contributed by atoms with E-state index in [1.165, 1.54) is 0 Å². The zero-order valence-corrected chi connectivity index (χ0v) is 12.7. The molecule has 2 N–H and O–H groups in total. The van der Waals surface area contributed by atoms with Gasteiger partial charge in [0.25, 0.3) is 0 Å². The Hall–Kier alpha value is -1.42. The van der Waals surface area contributed by atoms with E-state index in [0.29, 0.717) is 27.3 Å². The van der Waals surface area contributed by atoms with Crippen molar-refractivity contribution >= 4 is 23.2 Å². The van der Waals surface area contributed by atoms with E-state index in [2.05, 4.69) is 0 Å². The lowest BCUT2D eigenvalue weighted by Gasteiger charge is -2.17. The first-order valence-electron chi connectivity index (χ1n) is 6.09. The van der Waals surface area contributed by atoms with Crippen molar-refractivity contribution < 1.29 is 9.47 Å². The Morgan fingerprint density at radius 2 is 1.60 bits per heavy atom. The van der Waals surface area contributed by atoms with Crippen LogP contribution in [0.4, 0.5) is 0 Å². The fourth-order valence-electron chi connectivity index (χ4n) is 1.92. The van der Waals surface area contributed by atoms with Gasteiger partial charge in [-0.25, -0.2) is 0 Å². The van der Waals surface area contributed by atoms with Gasteiger partial charge in [0.1, 0.15) is 22.3 Å². The van der Waals surface area contributed by atoms with Crippen LogP contribution in [0.15, 0.2) is 36.4 Å². The van der Waals surface area contributed by atoms with Crippen molar-refractivity contribution in [3.05, 3.63) is 52.0 Å². The highest BCUT2D eigenvalue weighted by atomic mass is 35.5. The van der Waals surface area contributed by atoms with Gasteiger partial charge in [-0.05, 0) is 31.2 Å². The van der Waals surface area contributed by atoms with Gasteiger partial charge in [0, 0.05) is 6.04 Å². The lowest BCUT2D eigenvalue weighted by molar-refractivity contribution is 0.397.